The topological polar surface area (TPSA) is 56.9 Å². The highest BCUT2D eigenvalue weighted by atomic mass is 16.4. The van der Waals surface area contributed by atoms with Crippen LogP contribution in [0.25, 0.3) is 0 Å². The first-order valence-corrected chi connectivity index (χ1v) is 8.46. The number of unbranched alkanes of at least 4 members (excludes halogenated alkanes) is 7. The number of anilines is 2. The zero-order chi connectivity index (χ0) is 15.9. The lowest BCUT2D eigenvalue weighted by Gasteiger charge is -2.26. The van der Waals surface area contributed by atoms with Gasteiger partial charge in [-0.2, -0.15) is 0 Å². The lowest BCUT2D eigenvalue weighted by molar-refractivity contribution is -0.138. The average Bonchev–Trinajstić information content (AvgIpc) is 3.05. The summed E-state index contributed by atoms with van der Waals surface area (Å²) in [6, 6.07) is 1.86. The largest absolute Gasteiger partial charge is 0.478 e. The van der Waals surface area contributed by atoms with E-state index in [0.717, 1.165) is 25.1 Å². The van der Waals surface area contributed by atoms with E-state index >= 15 is 0 Å². The van der Waals surface area contributed by atoms with Gasteiger partial charge in [0.1, 0.15) is 5.69 Å². The zero-order valence-corrected chi connectivity index (χ0v) is 13.8. The van der Waals surface area contributed by atoms with Crippen molar-refractivity contribution in [2.75, 3.05) is 23.4 Å². The number of carbonyl (C=O) groups is 1. The predicted molar refractivity (Wildman–Crippen MR) is 88.5 cm³/mol. The molecule has 1 aromatic heterocycles. The molecule has 0 spiro atoms. The highest BCUT2D eigenvalue weighted by Crippen LogP contribution is 2.39. The summed E-state index contributed by atoms with van der Waals surface area (Å²) in [5.41, 5.74) is 0.901. The summed E-state index contributed by atoms with van der Waals surface area (Å²) < 4.78 is 5.40. The highest BCUT2D eigenvalue weighted by molar-refractivity contribution is 5.88. The lowest BCUT2D eigenvalue weighted by Crippen LogP contribution is -2.47. The van der Waals surface area contributed by atoms with E-state index in [1.807, 2.05) is 11.0 Å². The number of aliphatic carboxylic acids is 1. The summed E-state index contributed by atoms with van der Waals surface area (Å²) in [6.07, 6.45) is 11.0. The normalized spacial score (nSPS) is 17.1. The summed E-state index contributed by atoms with van der Waals surface area (Å²) in [7, 11) is 1.77. The quantitative estimate of drug-likeness (QED) is 0.660. The van der Waals surface area contributed by atoms with Gasteiger partial charge in [-0.15, -0.1) is 0 Å². The summed E-state index contributed by atoms with van der Waals surface area (Å²) >= 11 is 0. The fraction of sp³-hybridized carbons (Fsp3) is 0.706. The fourth-order valence-corrected chi connectivity index (χ4v) is 3.19. The van der Waals surface area contributed by atoms with E-state index in [-0.39, 0.29) is 0 Å². The minimum absolute atomic E-state index is 0.639. The Bertz CT molecular complexity index is 472. The second-order valence-corrected chi connectivity index (χ2v) is 6.10. The first-order chi connectivity index (χ1) is 10.7. The molecule has 0 aromatic carbocycles. The number of hydrogen-bond acceptors (Lipinski definition) is 4. The maximum absolute atomic E-state index is 11.5. The maximum atomic E-state index is 11.5. The molecule has 22 heavy (non-hydrogen) atoms. The molecule has 1 aliphatic heterocycles. The van der Waals surface area contributed by atoms with Gasteiger partial charge in [0.05, 0.1) is 6.26 Å². The van der Waals surface area contributed by atoms with Crippen LogP contribution in [0.3, 0.4) is 0 Å². The van der Waals surface area contributed by atoms with E-state index in [0.29, 0.717) is 5.88 Å². The van der Waals surface area contributed by atoms with Gasteiger partial charge >= 0.3 is 5.97 Å². The molecule has 0 saturated carbocycles. The van der Waals surface area contributed by atoms with Crippen LogP contribution in [0.5, 0.6) is 0 Å². The zero-order valence-electron chi connectivity index (χ0n) is 13.8. The van der Waals surface area contributed by atoms with Gasteiger partial charge in [-0.05, 0) is 6.42 Å². The van der Waals surface area contributed by atoms with E-state index in [2.05, 4.69) is 6.92 Å². The first kappa shape index (κ1) is 16.7. The SMILES string of the molecule is CCCCCCCCCCN1c2ccoc2N(C)C1C(=O)O. The Balaban J connectivity index is 1.75. The van der Waals surface area contributed by atoms with Crippen molar-refractivity contribution in [1.82, 2.24) is 0 Å². The smallest absolute Gasteiger partial charge is 0.347 e. The van der Waals surface area contributed by atoms with E-state index in [1.54, 1.807) is 18.2 Å². The van der Waals surface area contributed by atoms with Crippen LogP contribution in [0.15, 0.2) is 16.7 Å². The number of fused-ring (bicyclic) bond motifs is 1. The Hall–Kier alpha value is -1.65. The Kier molecular flexibility index (Phi) is 6.16. The van der Waals surface area contributed by atoms with Gasteiger partial charge in [-0.1, -0.05) is 51.9 Å². The minimum Gasteiger partial charge on any atom is -0.478 e. The third-order valence-corrected chi connectivity index (χ3v) is 4.39. The maximum Gasteiger partial charge on any atom is 0.347 e. The Morgan fingerprint density at radius 1 is 1.18 bits per heavy atom. The second kappa shape index (κ2) is 8.11. The molecule has 0 aliphatic carbocycles. The molecule has 2 heterocycles. The Labute approximate surface area is 132 Å². The van der Waals surface area contributed by atoms with Gasteiger partial charge < -0.3 is 19.3 Å². The molecule has 0 fully saturated rings. The third kappa shape index (κ3) is 3.76. The molecule has 1 atom stereocenters. The summed E-state index contributed by atoms with van der Waals surface area (Å²) in [6.45, 7) is 3.00. The summed E-state index contributed by atoms with van der Waals surface area (Å²) in [5.74, 6) is -0.166. The molecule has 1 aromatic rings. The van der Waals surface area contributed by atoms with Crippen LogP contribution < -0.4 is 9.80 Å². The van der Waals surface area contributed by atoms with E-state index < -0.39 is 12.1 Å². The molecule has 0 radical (unpaired) electrons. The van der Waals surface area contributed by atoms with Gasteiger partial charge in [0.15, 0.2) is 0 Å². The van der Waals surface area contributed by atoms with E-state index in [4.69, 9.17) is 4.42 Å². The van der Waals surface area contributed by atoms with Crippen molar-refractivity contribution < 1.29 is 14.3 Å². The van der Waals surface area contributed by atoms with Crippen molar-refractivity contribution in [3.63, 3.8) is 0 Å². The second-order valence-electron chi connectivity index (χ2n) is 6.10. The van der Waals surface area contributed by atoms with Gasteiger partial charge in [-0.25, -0.2) is 4.79 Å². The van der Waals surface area contributed by atoms with Crippen molar-refractivity contribution in [3.05, 3.63) is 12.3 Å². The molecule has 0 bridgehead atoms. The molecular formula is C17H28N2O3. The molecule has 1 N–H and O–H groups in total. The molecule has 2 rings (SSSR count). The number of furan rings is 1. The van der Waals surface area contributed by atoms with Crippen molar-refractivity contribution in [1.29, 1.82) is 0 Å². The highest BCUT2D eigenvalue weighted by Gasteiger charge is 2.40. The predicted octanol–water partition coefficient (Wildman–Crippen LogP) is 4.09. The van der Waals surface area contributed by atoms with Crippen molar-refractivity contribution >= 4 is 17.5 Å². The fourth-order valence-electron chi connectivity index (χ4n) is 3.19. The number of carboxylic acids is 1. The first-order valence-electron chi connectivity index (χ1n) is 8.46. The average molecular weight is 308 g/mol. The molecular weight excluding hydrogens is 280 g/mol. The third-order valence-electron chi connectivity index (χ3n) is 4.39. The molecule has 124 valence electrons. The van der Waals surface area contributed by atoms with Gasteiger partial charge in [0, 0.05) is 19.7 Å². The Morgan fingerprint density at radius 2 is 1.82 bits per heavy atom. The van der Waals surface area contributed by atoms with Crippen molar-refractivity contribution in [2.24, 2.45) is 0 Å². The minimum atomic E-state index is -0.825. The van der Waals surface area contributed by atoms with Crippen LogP contribution in [-0.4, -0.2) is 30.8 Å². The van der Waals surface area contributed by atoms with Crippen LogP contribution >= 0.6 is 0 Å². The molecule has 0 amide bonds. The number of likely N-dealkylation sites (N-methyl/N-ethyl adjacent to an activating group) is 1. The molecule has 5 nitrogen and oxygen atoms in total. The Morgan fingerprint density at radius 3 is 2.45 bits per heavy atom. The van der Waals surface area contributed by atoms with Crippen molar-refractivity contribution in [2.45, 2.75) is 64.5 Å². The lowest BCUT2D eigenvalue weighted by atomic mass is 10.1. The van der Waals surface area contributed by atoms with Gasteiger partial charge in [0.25, 0.3) is 0 Å². The monoisotopic (exact) mass is 308 g/mol. The van der Waals surface area contributed by atoms with E-state index in [1.165, 1.54) is 38.5 Å². The van der Waals surface area contributed by atoms with Gasteiger partial charge in [0.2, 0.25) is 12.0 Å². The van der Waals surface area contributed by atoms with Crippen LogP contribution in [0.2, 0.25) is 0 Å². The molecule has 0 saturated heterocycles. The van der Waals surface area contributed by atoms with Crippen LogP contribution in [0.4, 0.5) is 11.6 Å². The molecule has 5 heteroatoms. The summed E-state index contributed by atoms with van der Waals surface area (Å²) in [5, 5.41) is 9.44. The van der Waals surface area contributed by atoms with Crippen LogP contribution in [-0.2, 0) is 4.79 Å². The van der Waals surface area contributed by atoms with Gasteiger partial charge in [-0.3, -0.25) is 0 Å². The summed E-state index contributed by atoms with van der Waals surface area (Å²) in [4.78, 5) is 15.1. The number of nitrogens with zero attached hydrogens (tertiary/aromatic N) is 2. The number of carboxylic acid groups (broad SMARTS) is 1. The standard InChI is InChI=1S/C17H28N2O3/c1-3-4-5-6-7-8-9-10-12-19-14-11-13-22-16(14)18(2)15(19)17(20)21/h11,13,15H,3-10,12H2,1-2H3,(H,20,21). The van der Waals surface area contributed by atoms with Crippen LogP contribution in [0.1, 0.15) is 58.3 Å². The molecule has 1 aliphatic rings. The molecule has 1 unspecified atom stereocenters. The number of hydrogen-bond donors (Lipinski definition) is 1. The number of rotatable bonds is 10. The van der Waals surface area contributed by atoms with Crippen molar-refractivity contribution in [3.8, 4) is 0 Å². The van der Waals surface area contributed by atoms with E-state index in [9.17, 15) is 9.90 Å². The van der Waals surface area contributed by atoms with Crippen LogP contribution in [0, 0.1) is 0 Å².